The molecule has 0 N–H and O–H groups in total. The van der Waals surface area contributed by atoms with E-state index in [2.05, 4.69) is 55.8 Å². The second kappa shape index (κ2) is 4.84. The number of hydrogen-bond acceptors (Lipinski definition) is 2. The normalized spacial score (nSPS) is 18.7. The monoisotopic (exact) mass is 305 g/mol. The predicted molar refractivity (Wildman–Crippen MR) is 74.5 cm³/mol. The van der Waals surface area contributed by atoms with Crippen molar-refractivity contribution in [1.82, 2.24) is 14.8 Å². The summed E-state index contributed by atoms with van der Waals surface area (Å²) in [5.41, 5.74) is 1.27. The topological polar surface area (TPSA) is 30.7 Å². The van der Waals surface area contributed by atoms with E-state index in [1.165, 1.54) is 12.0 Å². The summed E-state index contributed by atoms with van der Waals surface area (Å²) in [5.74, 6) is 2.96. The van der Waals surface area contributed by atoms with Gasteiger partial charge in [0, 0.05) is 23.9 Å². The van der Waals surface area contributed by atoms with Crippen molar-refractivity contribution in [2.24, 2.45) is 5.92 Å². The van der Waals surface area contributed by atoms with E-state index < -0.39 is 0 Å². The molecule has 0 amide bonds. The van der Waals surface area contributed by atoms with E-state index in [1.807, 2.05) is 6.07 Å². The van der Waals surface area contributed by atoms with Gasteiger partial charge in [0.25, 0.3) is 0 Å². The van der Waals surface area contributed by atoms with Crippen LogP contribution in [0.25, 0.3) is 0 Å². The Morgan fingerprint density at radius 3 is 3.00 bits per heavy atom. The molecule has 2 heterocycles. The largest absolute Gasteiger partial charge is 0.314 e. The molecule has 1 atom stereocenters. The summed E-state index contributed by atoms with van der Waals surface area (Å²) in [6, 6.07) is 8.31. The van der Waals surface area contributed by atoms with Crippen LogP contribution in [0, 0.1) is 5.92 Å². The van der Waals surface area contributed by atoms with Crippen LogP contribution in [0.2, 0.25) is 0 Å². The van der Waals surface area contributed by atoms with Gasteiger partial charge in [-0.1, -0.05) is 41.1 Å². The van der Waals surface area contributed by atoms with Gasteiger partial charge in [-0.15, -0.1) is 10.2 Å². The first-order valence-corrected chi connectivity index (χ1v) is 7.17. The highest BCUT2D eigenvalue weighted by Gasteiger charge is 2.20. The Morgan fingerprint density at radius 1 is 1.33 bits per heavy atom. The van der Waals surface area contributed by atoms with E-state index in [0.29, 0.717) is 0 Å². The van der Waals surface area contributed by atoms with Crippen molar-refractivity contribution in [3.05, 3.63) is 46.0 Å². The number of aryl methyl sites for hydroxylation is 1. The number of nitrogens with zero attached hydrogens (tertiary/aromatic N) is 3. The highest BCUT2D eigenvalue weighted by molar-refractivity contribution is 9.10. The van der Waals surface area contributed by atoms with Crippen LogP contribution in [0.3, 0.4) is 0 Å². The van der Waals surface area contributed by atoms with Crippen LogP contribution in [0.4, 0.5) is 0 Å². The third-order valence-corrected chi connectivity index (χ3v) is 4.34. The van der Waals surface area contributed by atoms with Crippen LogP contribution in [0.5, 0.6) is 0 Å². The molecule has 0 saturated carbocycles. The lowest BCUT2D eigenvalue weighted by molar-refractivity contribution is 0.387. The van der Waals surface area contributed by atoms with Gasteiger partial charge in [-0.05, 0) is 24.0 Å². The van der Waals surface area contributed by atoms with Crippen LogP contribution in [-0.2, 0) is 19.4 Å². The minimum Gasteiger partial charge on any atom is -0.314 e. The molecule has 0 aliphatic carbocycles. The third kappa shape index (κ3) is 2.21. The third-order valence-electron chi connectivity index (χ3n) is 3.57. The minimum absolute atomic E-state index is 0.728. The van der Waals surface area contributed by atoms with Gasteiger partial charge in [0.15, 0.2) is 0 Å². The molecule has 94 valence electrons. The molecule has 0 spiro atoms. The van der Waals surface area contributed by atoms with Crippen molar-refractivity contribution in [3.63, 3.8) is 0 Å². The van der Waals surface area contributed by atoms with Gasteiger partial charge in [0.1, 0.15) is 11.6 Å². The summed E-state index contributed by atoms with van der Waals surface area (Å²) < 4.78 is 3.44. The van der Waals surface area contributed by atoms with E-state index in [9.17, 15) is 0 Å². The SMILES string of the molecule is CC1CCc2nnc(Cc3ccccc3Br)n2C1. The number of hydrogen-bond donors (Lipinski definition) is 0. The molecule has 1 aliphatic heterocycles. The first-order chi connectivity index (χ1) is 8.74. The number of aromatic nitrogens is 3. The second-order valence-corrected chi connectivity index (χ2v) is 5.91. The average Bonchev–Trinajstić information content (AvgIpc) is 2.75. The fraction of sp³-hybridized carbons (Fsp3) is 0.429. The Balaban J connectivity index is 1.90. The lowest BCUT2D eigenvalue weighted by atomic mass is 10.0. The highest BCUT2D eigenvalue weighted by atomic mass is 79.9. The zero-order valence-electron chi connectivity index (χ0n) is 10.4. The maximum atomic E-state index is 4.36. The maximum Gasteiger partial charge on any atom is 0.137 e. The molecule has 1 aromatic heterocycles. The standard InChI is InChI=1S/C14H16BrN3/c1-10-6-7-13-16-17-14(18(13)9-10)8-11-4-2-3-5-12(11)15/h2-5,10H,6-9H2,1H3. The summed E-state index contributed by atoms with van der Waals surface area (Å²) in [5, 5.41) is 8.68. The Kier molecular flexibility index (Phi) is 3.20. The molecule has 2 aromatic rings. The van der Waals surface area contributed by atoms with Crippen molar-refractivity contribution in [1.29, 1.82) is 0 Å². The summed E-state index contributed by atoms with van der Waals surface area (Å²) in [7, 11) is 0. The molecular formula is C14H16BrN3. The Labute approximate surface area is 115 Å². The van der Waals surface area contributed by atoms with Crippen molar-refractivity contribution in [2.75, 3.05) is 0 Å². The zero-order valence-corrected chi connectivity index (χ0v) is 12.0. The Hall–Kier alpha value is -1.16. The molecule has 18 heavy (non-hydrogen) atoms. The molecular weight excluding hydrogens is 290 g/mol. The molecule has 3 rings (SSSR count). The summed E-state index contributed by atoms with van der Waals surface area (Å²) in [4.78, 5) is 0. The first-order valence-electron chi connectivity index (χ1n) is 6.38. The fourth-order valence-corrected chi connectivity index (χ4v) is 2.91. The van der Waals surface area contributed by atoms with E-state index in [1.54, 1.807) is 0 Å². The number of fused-ring (bicyclic) bond motifs is 1. The summed E-state index contributed by atoms with van der Waals surface area (Å²) in [6.07, 6.45) is 3.14. The van der Waals surface area contributed by atoms with Crippen molar-refractivity contribution < 1.29 is 0 Å². The highest BCUT2D eigenvalue weighted by Crippen LogP contribution is 2.23. The van der Waals surface area contributed by atoms with Gasteiger partial charge >= 0.3 is 0 Å². The van der Waals surface area contributed by atoms with Crippen LogP contribution in [0.15, 0.2) is 28.7 Å². The van der Waals surface area contributed by atoms with Crippen LogP contribution < -0.4 is 0 Å². The van der Waals surface area contributed by atoms with Crippen LogP contribution in [-0.4, -0.2) is 14.8 Å². The van der Waals surface area contributed by atoms with E-state index in [-0.39, 0.29) is 0 Å². The number of rotatable bonds is 2. The molecule has 4 heteroatoms. The van der Waals surface area contributed by atoms with Gasteiger partial charge in [-0.2, -0.15) is 0 Å². The van der Waals surface area contributed by atoms with Crippen molar-refractivity contribution in [3.8, 4) is 0 Å². The van der Waals surface area contributed by atoms with E-state index in [4.69, 9.17) is 0 Å². The number of halogens is 1. The molecule has 0 radical (unpaired) electrons. The summed E-state index contributed by atoms with van der Waals surface area (Å²) in [6.45, 7) is 3.35. The average molecular weight is 306 g/mol. The predicted octanol–water partition coefficient (Wildman–Crippen LogP) is 3.21. The Morgan fingerprint density at radius 2 is 2.17 bits per heavy atom. The molecule has 0 fully saturated rings. The van der Waals surface area contributed by atoms with Crippen LogP contribution in [0.1, 0.15) is 30.6 Å². The minimum atomic E-state index is 0.728. The second-order valence-electron chi connectivity index (χ2n) is 5.06. The van der Waals surface area contributed by atoms with E-state index >= 15 is 0 Å². The van der Waals surface area contributed by atoms with Gasteiger partial charge in [-0.3, -0.25) is 0 Å². The molecule has 1 unspecified atom stereocenters. The zero-order chi connectivity index (χ0) is 12.5. The smallest absolute Gasteiger partial charge is 0.137 e. The van der Waals surface area contributed by atoms with Gasteiger partial charge < -0.3 is 4.57 Å². The quantitative estimate of drug-likeness (QED) is 0.853. The van der Waals surface area contributed by atoms with Crippen LogP contribution >= 0.6 is 15.9 Å². The molecule has 0 bridgehead atoms. The van der Waals surface area contributed by atoms with Gasteiger partial charge in [-0.25, -0.2) is 0 Å². The molecule has 3 nitrogen and oxygen atoms in total. The molecule has 1 aromatic carbocycles. The number of benzene rings is 1. The first kappa shape index (κ1) is 11.9. The Bertz CT molecular complexity index is 562. The molecule has 1 aliphatic rings. The fourth-order valence-electron chi connectivity index (χ4n) is 2.49. The van der Waals surface area contributed by atoms with Gasteiger partial charge in [0.2, 0.25) is 0 Å². The summed E-state index contributed by atoms with van der Waals surface area (Å²) >= 11 is 3.59. The van der Waals surface area contributed by atoms with Crippen molar-refractivity contribution >= 4 is 15.9 Å². The van der Waals surface area contributed by atoms with Gasteiger partial charge in [0.05, 0.1) is 0 Å². The lowest BCUT2D eigenvalue weighted by Gasteiger charge is -2.20. The van der Waals surface area contributed by atoms with Crippen molar-refractivity contribution in [2.45, 2.75) is 32.7 Å². The lowest BCUT2D eigenvalue weighted by Crippen LogP contribution is -2.20. The maximum absolute atomic E-state index is 4.36. The molecule has 0 saturated heterocycles. The van der Waals surface area contributed by atoms with E-state index in [0.717, 1.165) is 41.4 Å².